The van der Waals surface area contributed by atoms with Gasteiger partial charge in [-0.1, -0.05) is 15.9 Å². The Bertz CT molecular complexity index is 400. The summed E-state index contributed by atoms with van der Waals surface area (Å²) in [6.07, 6.45) is -1.91. The van der Waals surface area contributed by atoms with Gasteiger partial charge in [-0.15, -0.1) is 0 Å². The molecular weight excluding hydrogens is 276 g/mol. The summed E-state index contributed by atoms with van der Waals surface area (Å²) in [6.45, 7) is 0. The lowest BCUT2D eigenvalue weighted by atomic mass is 10.1. The largest absolute Gasteiger partial charge is 0.383 e. The van der Waals surface area contributed by atoms with Crippen molar-refractivity contribution in [2.75, 3.05) is 5.73 Å². The van der Waals surface area contributed by atoms with Gasteiger partial charge in [0.15, 0.2) is 0 Å². The minimum absolute atomic E-state index is 0.0658. The van der Waals surface area contributed by atoms with Gasteiger partial charge < -0.3 is 5.73 Å². The topological polar surface area (TPSA) is 82.0 Å². The normalized spacial score (nSPS) is 10.7. The second kappa shape index (κ2) is 4.47. The molecule has 0 radical (unpaired) electrons. The molecule has 0 bridgehead atoms. The number of pyridine rings is 1. The number of anilines is 1. The first-order chi connectivity index (χ1) is 6.99. The van der Waals surface area contributed by atoms with E-state index in [0.29, 0.717) is 0 Å². The summed E-state index contributed by atoms with van der Waals surface area (Å²) in [5.41, 5.74) is 3.75. The number of nitrogen functional groups attached to an aromatic ring is 1. The van der Waals surface area contributed by atoms with Crippen LogP contribution in [0.15, 0.2) is 6.20 Å². The molecule has 2 N–H and O–H groups in total. The third-order valence-corrected chi connectivity index (χ3v) is 2.34. The molecule has 0 aromatic carbocycles. The summed E-state index contributed by atoms with van der Waals surface area (Å²) in [5, 5.41) is 10.7. The van der Waals surface area contributed by atoms with Crippen LogP contribution in [-0.4, -0.2) is 9.91 Å². The van der Waals surface area contributed by atoms with Crippen molar-refractivity contribution in [1.29, 1.82) is 0 Å². The first kappa shape index (κ1) is 11.8. The molecule has 0 unspecified atom stereocenters. The molecule has 5 nitrogen and oxygen atoms in total. The van der Waals surface area contributed by atoms with Crippen molar-refractivity contribution < 1.29 is 13.7 Å². The molecule has 8 heteroatoms. The first-order valence-corrected chi connectivity index (χ1v) is 4.87. The van der Waals surface area contributed by atoms with Crippen LogP contribution in [0.4, 0.5) is 20.3 Å². The van der Waals surface area contributed by atoms with Gasteiger partial charge in [0.25, 0.3) is 12.1 Å². The molecule has 0 aliphatic rings. The number of alkyl halides is 3. The van der Waals surface area contributed by atoms with E-state index in [0.717, 1.165) is 6.20 Å². The van der Waals surface area contributed by atoms with Gasteiger partial charge in [-0.2, -0.15) is 0 Å². The number of halogens is 3. The fourth-order valence-electron chi connectivity index (χ4n) is 1.10. The first-order valence-electron chi connectivity index (χ1n) is 3.74. The number of hydrogen-bond donors (Lipinski definition) is 1. The van der Waals surface area contributed by atoms with Crippen LogP contribution in [0.1, 0.15) is 17.6 Å². The summed E-state index contributed by atoms with van der Waals surface area (Å²) in [4.78, 5) is 13.2. The standard InChI is InChI=1S/C7H6BrF2N3O2/c8-1-3-2-12-7(11)4(6(9)10)5(3)13(14)15/h2,6H,1H2,(H2,11,12). The van der Waals surface area contributed by atoms with E-state index in [9.17, 15) is 18.9 Å². The minimum Gasteiger partial charge on any atom is -0.383 e. The van der Waals surface area contributed by atoms with E-state index >= 15 is 0 Å². The van der Waals surface area contributed by atoms with Gasteiger partial charge in [0.2, 0.25) is 0 Å². The Morgan fingerprint density at radius 2 is 2.27 bits per heavy atom. The molecular formula is C7H6BrF2N3O2. The molecule has 0 fully saturated rings. The predicted octanol–water partition coefficient (Wildman–Crippen LogP) is 2.40. The number of nitro groups is 1. The number of nitrogens with two attached hydrogens (primary N) is 1. The maximum absolute atomic E-state index is 12.5. The summed E-state index contributed by atoms with van der Waals surface area (Å²) >= 11 is 2.95. The quantitative estimate of drug-likeness (QED) is 0.524. The van der Waals surface area contributed by atoms with Crippen LogP contribution in [0.25, 0.3) is 0 Å². The Morgan fingerprint density at radius 3 is 2.67 bits per heavy atom. The Labute approximate surface area is 91.6 Å². The van der Waals surface area contributed by atoms with E-state index in [2.05, 4.69) is 20.9 Å². The smallest absolute Gasteiger partial charge is 0.287 e. The second-order valence-corrected chi connectivity index (χ2v) is 3.18. The van der Waals surface area contributed by atoms with Crippen LogP contribution in [0.5, 0.6) is 0 Å². The fourth-order valence-corrected chi connectivity index (χ4v) is 1.51. The summed E-state index contributed by atoms with van der Waals surface area (Å²) in [5.74, 6) is -0.513. The van der Waals surface area contributed by atoms with E-state index in [-0.39, 0.29) is 10.9 Å². The Kier molecular flexibility index (Phi) is 3.51. The molecule has 82 valence electrons. The average molecular weight is 282 g/mol. The van der Waals surface area contributed by atoms with Crippen molar-refractivity contribution in [3.8, 4) is 0 Å². The van der Waals surface area contributed by atoms with Crippen LogP contribution in [-0.2, 0) is 5.33 Å². The maximum atomic E-state index is 12.5. The van der Waals surface area contributed by atoms with Crippen LogP contribution in [0, 0.1) is 10.1 Å². The van der Waals surface area contributed by atoms with E-state index in [1.54, 1.807) is 0 Å². The zero-order chi connectivity index (χ0) is 11.6. The highest BCUT2D eigenvalue weighted by Gasteiger charge is 2.28. The lowest BCUT2D eigenvalue weighted by Gasteiger charge is -2.07. The third kappa shape index (κ3) is 2.20. The van der Waals surface area contributed by atoms with E-state index in [1.165, 1.54) is 0 Å². The van der Waals surface area contributed by atoms with Crippen molar-refractivity contribution >= 4 is 27.4 Å². The Hall–Kier alpha value is -1.31. The molecule has 0 saturated heterocycles. The summed E-state index contributed by atoms with van der Waals surface area (Å²) in [7, 11) is 0. The molecule has 0 saturated carbocycles. The number of nitrogens with zero attached hydrogens (tertiary/aromatic N) is 2. The number of rotatable bonds is 3. The minimum atomic E-state index is -3.02. The van der Waals surface area contributed by atoms with Gasteiger partial charge in [-0.25, -0.2) is 13.8 Å². The number of aromatic nitrogens is 1. The van der Waals surface area contributed by atoms with Crippen molar-refractivity contribution in [2.45, 2.75) is 11.8 Å². The van der Waals surface area contributed by atoms with Gasteiger partial charge in [0, 0.05) is 11.5 Å². The number of hydrogen-bond acceptors (Lipinski definition) is 4. The third-order valence-electron chi connectivity index (χ3n) is 1.74. The van der Waals surface area contributed by atoms with E-state index < -0.39 is 28.4 Å². The van der Waals surface area contributed by atoms with E-state index in [4.69, 9.17) is 5.73 Å². The SMILES string of the molecule is Nc1ncc(CBr)c([N+](=O)[O-])c1C(F)F. The zero-order valence-electron chi connectivity index (χ0n) is 7.28. The molecule has 1 aromatic rings. The van der Waals surface area contributed by atoms with Crippen LogP contribution in [0.2, 0.25) is 0 Å². The van der Waals surface area contributed by atoms with Crippen LogP contribution < -0.4 is 5.73 Å². The highest BCUT2D eigenvalue weighted by molar-refractivity contribution is 9.08. The van der Waals surface area contributed by atoms with Gasteiger partial charge in [-0.3, -0.25) is 10.1 Å². The fraction of sp³-hybridized carbons (Fsp3) is 0.286. The van der Waals surface area contributed by atoms with Crippen molar-refractivity contribution in [2.24, 2.45) is 0 Å². The second-order valence-electron chi connectivity index (χ2n) is 2.62. The van der Waals surface area contributed by atoms with Gasteiger partial charge in [-0.05, 0) is 0 Å². The summed E-state index contributed by atoms with van der Waals surface area (Å²) < 4.78 is 25.1. The monoisotopic (exact) mass is 281 g/mol. The zero-order valence-corrected chi connectivity index (χ0v) is 8.87. The Morgan fingerprint density at radius 1 is 1.67 bits per heavy atom. The van der Waals surface area contributed by atoms with Crippen molar-refractivity contribution in [3.05, 3.63) is 27.4 Å². The van der Waals surface area contributed by atoms with E-state index in [1.807, 2.05) is 0 Å². The van der Waals surface area contributed by atoms with Crippen molar-refractivity contribution in [3.63, 3.8) is 0 Å². The molecule has 0 aliphatic carbocycles. The lowest BCUT2D eigenvalue weighted by molar-refractivity contribution is -0.386. The predicted molar refractivity (Wildman–Crippen MR) is 52.9 cm³/mol. The molecule has 1 aromatic heterocycles. The molecule has 1 rings (SSSR count). The lowest BCUT2D eigenvalue weighted by Crippen LogP contribution is -2.06. The average Bonchev–Trinajstić information content (AvgIpc) is 2.16. The Balaban J connectivity index is 3.51. The van der Waals surface area contributed by atoms with Crippen LogP contribution >= 0.6 is 15.9 Å². The van der Waals surface area contributed by atoms with Crippen LogP contribution in [0.3, 0.4) is 0 Å². The van der Waals surface area contributed by atoms with Gasteiger partial charge >= 0.3 is 0 Å². The molecule has 0 aliphatic heterocycles. The highest BCUT2D eigenvalue weighted by atomic mass is 79.9. The summed E-state index contributed by atoms with van der Waals surface area (Å²) in [6, 6.07) is 0. The van der Waals surface area contributed by atoms with Gasteiger partial charge in [0.05, 0.1) is 10.5 Å². The molecule has 0 amide bonds. The molecule has 0 atom stereocenters. The van der Waals surface area contributed by atoms with Gasteiger partial charge in [0.1, 0.15) is 11.4 Å². The maximum Gasteiger partial charge on any atom is 0.287 e. The highest BCUT2D eigenvalue weighted by Crippen LogP contribution is 2.35. The molecule has 0 spiro atoms. The van der Waals surface area contributed by atoms with Crippen molar-refractivity contribution in [1.82, 2.24) is 4.98 Å². The molecule has 15 heavy (non-hydrogen) atoms. The molecule has 1 heterocycles.